The summed E-state index contributed by atoms with van der Waals surface area (Å²) in [5, 5.41) is 0. The lowest BCUT2D eigenvalue weighted by Crippen LogP contribution is -2.27. The summed E-state index contributed by atoms with van der Waals surface area (Å²) >= 11 is 0. The highest BCUT2D eigenvalue weighted by molar-refractivity contribution is 6.69. The summed E-state index contributed by atoms with van der Waals surface area (Å²) in [6.07, 6.45) is 2.91. The smallest absolute Gasteiger partial charge is 0.199 e. The third-order valence-electron chi connectivity index (χ3n) is 4.18. The van der Waals surface area contributed by atoms with E-state index in [2.05, 4.69) is 43.6 Å². The second kappa shape index (κ2) is 9.23. The molecule has 4 heteroatoms. The lowest BCUT2D eigenvalue weighted by atomic mass is 10.1. The van der Waals surface area contributed by atoms with Gasteiger partial charge in [0.2, 0.25) is 0 Å². The van der Waals surface area contributed by atoms with E-state index in [4.69, 9.17) is 13.9 Å². The minimum atomic E-state index is -1.71. The zero-order chi connectivity index (χ0) is 19.1. The Bertz CT molecular complexity index is 763. The third-order valence-corrected chi connectivity index (χ3v) is 5.12. The van der Waals surface area contributed by atoms with Gasteiger partial charge in [0, 0.05) is 12.0 Å². The van der Waals surface area contributed by atoms with Crippen LogP contribution in [0, 0.1) is 11.8 Å². The molecule has 0 saturated carbocycles. The molecule has 0 radical (unpaired) electrons. The van der Waals surface area contributed by atoms with E-state index >= 15 is 0 Å². The summed E-state index contributed by atoms with van der Waals surface area (Å²) in [5.74, 6) is 7.39. The molecule has 3 rings (SSSR count). The van der Waals surface area contributed by atoms with Crippen molar-refractivity contribution in [3.8, 4) is 17.6 Å². The van der Waals surface area contributed by atoms with Crippen molar-refractivity contribution < 1.29 is 13.9 Å². The van der Waals surface area contributed by atoms with Gasteiger partial charge < -0.3 is 13.9 Å². The molecule has 0 spiro atoms. The van der Waals surface area contributed by atoms with Gasteiger partial charge in [0.15, 0.2) is 14.6 Å². The Morgan fingerprint density at radius 2 is 1.74 bits per heavy atom. The molecule has 0 N–H and O–H groups in total. The van der Waals surface area contributed by atoms with E-state index in [0.717, 1.165) is 42.7 Å². The molecule has 1 aliphatic heterocycles. The Labute approximate surface area is 163 Å². The van der Waals surface area contributed by atoms with Crippen LogP contribution in [0.5, 0.6) is 5.75 Å². The number of ether oxygens (including phenoxy) is 2. The van der Waals surface area contributed by atoms with Gasteiger partial charge in [0.25, 0.3) is 0 Å². The first-order chi connectivity index (χ1) is 13.0. The van der Waals surface area contributed by atoms with Crippen LogP contribution in [0.1, 0.15) is 36.5 Å². The summed E-state index contributed by atoms with van der Waals surface area (Å²) < 4.78 is 17.8. The Balaban J connectivity index is 1.69. The molecule has 1 fully saturated rings. The molecule has 2 atom stereocenters. The van der Waals surface area contributed by atoms with Crippen molar-refractivity contribution in [1.29, 1.82) is 0 Å². The summed E-state index contributed by atoms with van der Waals surface area (Å²) in [6.45, 7) is 7.34. The number of benzene rings is 2. The molecule has 0 aliphatic carbocycles. The Hall–Kier alpha value is -2.06. The predicted molar refractivity (Wildman–Crippen MR) is 111 cm³/mol. The molecule has 3 nitrogen and oxygen atoms in total. The van der Waals surface area contributed by atoms with Crippen molar-refractivity contribution in [2.75, 3.05) is 6.61 Å². The van der Waals surface area contributed by atoms with Crippen molar-refractivity contribution in [3.05, 3.63) is 65.7 Å². The van der Waals surface area contributed by atoms with E-state index in [1.807, 2.05) is 42.5 Å². The van der Waals surface area contributed by atoms with Crippen LogP contribution in [0.2, 0.25) is 19.6 Å². The quantitative estimate of drug-likeness (QED) is 0.504. The summed E-state index contributed by atoms with van der Waals surface area (Å²) in [6, 6.07) is 18.1. The van der Waals surface area contributed by atoms with Crippen LogP contribution in [0.25, 0.3) is 0 Å². The van der Waals surface area contributed by atoms with Crippen LogP contribution >= 0.6 is 0 Å². The molecule has 2 unspecified atom stereocenters. The zero-order valence-corrected chi connectivity index (χ0v) is 17.4. The maximum Gasteiger partial charge on any atom is 0.199 e. The molecule has 1 heterocycles. The zero-order valence-electron chi connectivity index (χ0n) is 16.4. The van der Waals surface area contributed by atoms with Gasteiger partial charge >= 0.3 is 0 Å². The SMILES string of the molecule is C[Si](C)(C)OC(C#Cc1ccc(OC2CCCCO2)cc1)c1ccccc1. The molecule has 0 aromatic heterocycles. The lowest BCUT2D eigenvalue weighted by molar-refractivity contribution is -0.105. The minimum absolute atomic E-state index is 0.122. The first-order valence-corrected chi connectivity index (χ1v) is 13.0. The minimum Gasteiger partial charge on any atom is -0.465 e. The van der Waals surface area contributed by atoms with E-state index in [0.29, 0.717) is 0 Å². The highest BCUT2D eigenvalue weighted by Gasteiger charge is 2.21. The fraction of sp³-hybridized carbons (Fsp3) is 0.391. The van der Waals surface area contributed by atoms with Gasteiger partial charge in [-0.3, -0.25) is 0 Å². The first-order valence-electron chi connectivity index (χ1n) is 9.62. The molecule has 1 saturated heterocycles. The average molecular weight is 381 g/mol. The van der Waals surface area contributed by atoms with Gasteiger partial charge in [0.1, 0.15) is 11.9 Å². The molecular weight excluding hydrogens is 352 g/mol. The highest BCUT2D eigenvalue weighted by atomic mass is 28.4. The fourth-order valence-corrected chi connectivity index (χ4v) is 3.79. The number of rotatable bonds is 5. The largest absolute Gasteiger partial charge is 0.465 e. The van der Waals surface area contributed by atoms with Gasteiger partial charge in [-0.2, -0.15) is 0 Å². The highest BCUT2D eigenvalue weighted by Crippen LogP contribution is 2.22. The van der Waals surface area contributed by atoms with E-state index in [9.17, 15) is 0 Å². The fourth-order valence-electron chi connectivity index (χ4n) is 2.88. The predicted octanol–water partition coefficient (Wildman–Crippen LogP) is 5.54. The number of hydrogen-bond donors (Lipinski definition) is 0. The first kappa shape index (κ1) is 19.7. The molecule has 27 heavy (non-hydrogen) atoms. The van der Waals surface area contributed by atoms with Crippen LogP contribution in [0.3, 0.4) is 0 Å². The molecule has 0 amide bonds. The van der Waals surface area contributed by atoms with Crippen molar-refractivity contribution >= 4 is 8.32 Å². The average Bonchev–Trinajstić information content (AvgIpc) is 2.67. The van der Waals surface area contributed by atoms with Crippen LogP contribution in [0.15, 0.2) is 54.6 Å². The lowest BCUT2D eigenvalue weighted by Gasteiger charge is -2.23. The van der Waals surface area contributed by atoms with Gasteiger partial charge in [-0.1, -0.05) is 42.2 Å². The Morgan fingerprint density at radius 1 is 1.00 bits per heavy atom. The van der Waals surface area contributed by atoms with Crippen LogP contribution in [0.4, 0.5) is 0 Å². The van der Waals surface area contributed by atoms with Crippen molar-refractivity contribution in [1.82, 2.24) is 0 Å². The van der Waals surface area contributed by atoms with Gasteiger partial charge in [0.05, 0.1) is 6.61 Å². The van der Waals surface area contributed by atoms with Crippen molar-refractivity contribution in [3.63, 3.8) is 0 Å². The normalized spacial score (nSPS) is 18.3. The second-order valence-corrected chi connectivity index (χ2v) is 12.2. The van der Waals surface area contributed by atoms with Crippen LogP contribution < -0.4 is 4.74 Å². The van der Waals surface area contributed by atoms with E-state index in [1.54, 1.807) is 0 Å². The van der Waals surface area contributed by atoms with Crippen molar-refractivity contribution in [2.45, 2.75) is 51.3 Å². The van der Waals surface area contributed by atoms with Crippen molar-refractivity contribution in [2.24, 2.45) is 0 Å². The topological polar surface area (TPSA) is 27.7 Å². The summed E-state index contributed by atoms with van der Waals surface area (Å²) in [5.41, 5.74) is 2.05. The molecule has 2 aromatic carbocycles. The van der Waals surface area contributed by atoms with Gasteiger partial charge in [-0.05, 0) is 62.3 Å². The molecular formula is C23H28O3Si. The standard InChI is InChI=1S/C23H28O3Si/c1-27(2,3)26-22(20-9-5-4-6-10-20)17-14-19-12-15-21(16-13-19)25-23-11-7-8-18-24-23/h4-6,9-10,12-13,15-16,22-23H,7-8,11,18H2,1-3H3. The van der Waals surface area contributed by atoms with Gasteiger partial charge in [-0.15, -0.1) is 0 Å². The molecule has 1 aliphatic rings. The van der Waals surface area contributed by atoms with E-state index < -0.39 is 8.32 Å². The maximum absolute atomic E-state index is 6.29. The Morgan fingerprint density at radius 3 is 2.37 bits per heavy atom. The third kappa shape index (κ3) is 6.55. The second-order valence-electron chi connectivity index (χ2n) is 7.73. The molecule has 142 valence electrons. The molecule has 0 bridgehead atoms. The van der Waals surface area contributed by atoms with Crippen LogP contribution in [-0.2, 0) is 9.16 Å². The van der Waals surface area contributed by atoms with E-state index in [1.165, 1.54) is 0 Å². The molecule has 2 aromatic rings. The van der Waals surface area contributed by atoms with E-state index in [-0.39, 0.29) is 12.4 Å². The van der Waals surface area contributed by atoms with Crippen LogP contribution in [-0.4, -0.2) is 21.2 Å². The van der Waals surface area contributed by atoms with Gasteiger partial charge in [-0.25, -0.2) is 0 Å². The number of hydrogen-bond acceptors (Lipinski definition) is 3. The Kier molecular flexibility index (Phi) is 6.73. The summed E-state index contributed by atoms with van der Waals surface area (Å²) in [4.78, 5) is 0. The summed E-state index contributed by atoms with van der Waals surface area (Å²) in [7, 11) is -1.71. The maximum atomic E-state index is 6.29. The monoisotopic (exact) mass is 380 g/mol.